The first-order valence-electron chi connectivity index (χ1n) is 7.79. The molecule has 0 saturated heterocycles. The van der Waals surface area contributed by atoms with E-state index in [1.165, 1.54) is 24.3 Å². The molecule has 0 saturated carbocycles. The van der Waals surface area contributed by atoms with E-state index in [4.69, 9.17) is 0 Å². The van der Waals surface area contributed by atoms with Gasteiger partial charge in [0.15, 0.2) is 0 Å². The molecule has 0 aliphatic carbocycles. The molecule has 0 heterocycles. The molecule has 2 unspecified atom stereocenters. The van der Waals surface area contributed by atoms with Crippen LogP contribution in [0.1, 0.15) is 35.8 Å². The van der Waals surface area contributed by atoms with Crippen molar-refractivity contribution in [1.29, 1.82) is 0 Å². The summed E-state index contributed by atoms with van der Waals surface area (Å²) in [6.07, 6.45) is 0. The molecule has 0 aliphatic rings. The van der Waals surface area contributed by atoms with Crippen molar-refractivity contribution in [3.8, 4) is 0 Å². The van der Waals surface area contributed by atoms with Gasteiger partial charge in [-0.15, -0.1) is 0 Å². The second kappa shape index (κ2) is 8.05. The quantitative estimate of drug-likeness (QED) is 0.623. The van der Waals surface area contributed by atoms with Gasteiger partial charge < -0.3 is 10.6 Å². The van der Waals surface area contributed by atoms with Gasteiger partial charge in [0.05, 0.1) is 11.0 Å². The van der Waals surface area contributed by atoms with Crippen molar-refractivity contribution in [2.45, 2.75) is 25.9 Å². The van der Waals surface area contributed by atoms with Crippen molar-refractivity contribution >= 4 is 17.5 Å². The minimum Gasteiger partial charge on any atom is -0.348 e. The smallest absolute Gasteiger partial charge is 0.270 e. The maximum atomic E-state index is 12.2. The molecule has 0 radical (unpaired) electrons. The number of nitrogens with one attached hydrogen (secondary N) is 2. The van der Waals surface area contributed by atoms with E-state index in [1.807, 2.05) is 37.3 Å². The van der Waals surface area contributed by atoms with Crippen LogP contribution < -0.4 is 10.6 Å². The Hall–Kier alpha value is -3.22. The molecule has 2 rings (SSSR count). The fraction of sp³-hybridized carbons (Fsp3) is 0.222. The average Bonchev–Trinajstić information content (AvgIpc) is 2.62. The van der Waals surface area contributed by atoms with E-state index in [1.54, 1.807) is 6.92 Å². The van der Waals surface area contributed by atoms with Gasteiger partial charge in [-0.05, 0) is 25.5 Å². The maximum Gasteiger partial charge on any atom is 0.270 e. The van der Waals surface area contributed by atoms with E-state index in [-0.39, 0.29) is 23.2 Å². The highest BCUT2D eigenvalue weighted by atomic mass is 16.6. The van der Waals surface area contributed by atoms with Gasteiger partial charge in [0.2, 0.25) is 5.91 Å². The Morgan fingerprint density at radius 2 is 1.68 bits per heavy atom. The summed E-state index contributed by atoms with van der Waals surface area (Å²) in [4.78, 5) is 34.6. The molecule has 130 valence electrons. The summed E-state index contributed by atoms with van der Waals surface area (Å²) in [7, 11) is 0. The summed E-state index contributed by atoms with van der Waals surface area (Å²) in [5.74, 6) is -0.881. The summed E-state index contributed by atoms with van der Waals surface area (Å²) in [5.41, 5.74) is 0.903. The summed E-state index contributed by atoms with van der Waals surface area (Å²) in [5, 5.41) is 16.1. The monoisotopic (exact) mass is 341 g/mol. The number of nitro groups is 1. The van der Waals surface area contributed by atoms with Gasteiger partial charge in [-0.3, -0.25) is 19.7 Å². The zero-order chi connectivity index (χ0) is 18.4. The zero-order valence-corrected chi connectivity index (χ0v) is 13.9. The van der Waals surface area contributed by atoms with Gasteiger partial charge in [-0.2, -0.15) is 0 Å². The third-order valence-electron chi connectivity index (χ3n) is 3.72. The topological polar surface area (TPSA) is 101 Å². The lowest BCUT2D eigenvalue weighted by atomic mass is 10.1. The van der Waals surface area contributed by atoms with Crippen LogP contribution >= 0.6 is 0 Å². The Bertz CT molecular complexity index is 777. The van der Waals surface area contributed by atoms with Gasteiger partial charge in [0.25, 0.3) is 11.6 Å². The predicted octanol–water partition coefficient (Wildman–Crippen LogP) is 2.59. The summed E-state index contributed by atoms with van der Waals surface area (Å²) in [6, 6.07) is 13.8. The molecule has 0 bridgehead atoms. The summed E-state index contributed by atoms with van der Waals surface area (Å²) >= 11 is 0. The largest absolute Gasteiger partial charge is 0.348 e. The lowest BCUT2D eigenvalue weighted by Gasteiger charge is -2.19. The zero-order valence-electron chi connectivity index (χ0n) is 13.9. The molecule has 0 spiro atoms. The molecule has 7 nitrogen and oxygen atoms in total. The average molecular weight is 341 g/mol. The van der Waals surface area contributed by atoms with Crippen LogP contribution in [0.3, 0.4) is 0 Å². The van der Waals surface area contributed by atoms with Crippen LogP contribution in [-0.2, 0) is 4.79 Å². The SMILES string of the molecule is CC(NC(=O)c1cccc([N+](=O)[O-])c1)C(=O)NC(C)c1ccccc1. The third kappa shape index (κ3) is 4.87. The van der Waals surface area contributed by atoms with E-state index in [0.29, 0.717) is 0 Å². The highest BCUT2D eigenvalue weighted by Gasteiger charge is 2.19. The fourth-order valence-electron chi connectivity index (χ4n) is 2.27. The van der Waals surface area contributed by atoms with Crippen molar-refractivity contribution in [3.63, 3.8) is 0 Å². The molecule has 2 N–H and O–H groups in total. The summed E-state index contributed by atoms with van der Waals surface area (Å²) in [6.45, 7) is 3.41. The summed E-state index contributed by atoms with van der Waals surface area (Å²) < 4.78 is 0. The number of rotatable bonds is 6. The second-order valence-corrected chi connectivity index (χ2v) is 5.64. The first kappa shape index (κ1) is 18.1. The molecular formula is C18H19N3O4. The minimum absolute atomic E-state index is 0.130. The third-order valence-corrected chi connectivity index (χ3v) is 3.72. The molecule has 2 aromatic carbocycles. The van der Waals surface area contributed by atoms with E-state index < -0.39 is 16.9 Å². The maximum absolute atomic E-state index is 12.2. The number of hydrogen-bond donors (Lipinski definition) is 2. The standard InChI is InChI=1S/C18H19N3O4/c1-12(14-7-4-3-5-8-14)19-17(22)13(2)20-18(23)15-9-6-10-16(11-15)21(24)25/h3-13H,1-2H3,(H,19,22)(H,20,23). The van der Waals surface area contributed by atoms with Gasteiger partial charge in [-0.1, -0.05) is 36.4 Å². The van der Waals surface area contributed by atoms with Gasteiger partial charge in [0, 0.05) is 17.7 Å². The second-order valence-electron chi connectivity index (χ2n) is 5.64. The number of carbonyl (C=O) groups excluding carboxylic acids is 2. The van der Waals surface area contributed by atoms with Crippen LogP contribution in [0.5, 0.6) is 0 Å². The van der Waals surface area contributed by atoms with Crippen LogP contribution in [0.2, 0.25) is 0 Å². The van der Waals surface area contributed by atoms with Crippen LogP contribution in [0.4, 0.5) is 5.69 Å². The van der Waals surface area contributed by atoms with Gasteiger partial charge in [0.1, 0.15) is 6.04 Å². The first-order valence-corrected chi connectivity index (χ1v) is 7.79. The normalized spacial score (nSPS) is 12.7. The number of nitrogens with zero attached hydrogens (tertiary/aromatic N) is 1. The molecule has 0 aliphatic heterocycles. The van der Waals surface area contributed by atoms with E-state index in [9.17, 15) is 19.7 Å². The van der Waals surface area contributed by atoms with Crippen LogP contribution in [0, 0.1) is 10.1 Å². The molecule has 7 heteroatoms. The lowest BCUT2D eigenvalue weighted by molar-refractivity contribution is -0.384. The van der Waals surface area contributed by atoms with E-state index >= 15 is 0 Å². The molecule has 0 fully saturated rings. The van der Waals surface area contributed by atoms with E-state index in [0.717, 1.165) is 5.56 Å². The molecule has 25 heavy (non-hydrogen) atoms. The Morgan fingerprint density at radius 1 is 1.00 bits per heavy atom. The van der Waals surface area contributed by atoms with Gasteiger partial charge >= 0.3 is 0 Å². The lowest BCUT2D eigenvalue weighted by Crippen LogP contribution is -2.45. The van der Waals surface area contributed by atoms with Crippen molar-refractivity contribution in [2.24, 2.45) is 0 Å². The Morgan fingerprint density at radius 3 is 2.32 bits per heavy atom. The number of amides is 2. The Labute approximate surface area is 145 Å². The molecule has 2 aromatic rings. The van der Waals surface area contributed by atoms with Crippen molar-refractivity contribution in [1.82, 2.24) is 10.6 Å². The molecule has 2 amide bonds. The predicted molar refractivity (Wildman–Crippen MR) is 93.0 cm³/mol. The van der Waals surface area contributed by atoms with Crippen LogP contribution in [-0.4, -0.2) is 22.8 Å². The van der Waals surface area contributed by atoms with Crippen LogP contribution in [0.25, 0.3) is 0 Å². The van der Waals surface area contributed by atoms with E-state index in [2.05, 4.69) is 10.6 Å². The highest BCUT2D eigenvalue weighted by molar-refractivity contribution is 5.97. The number of nitro benzene ring substituents is 1. The highest BCUT2D eigenvalue weighted by Crippen LogP contribution is 2.14. The van der Waals surface area contributed by atoms with Crippen LogP contribution in [0.15, 0.2) is 54.6 Å². The number of hydrogen-bond acceptors (Lipinski definition) is 4. The number of non-ortho nitro benzene ring substituents is 1. The molecular weight excluding hydrogens is 322 g/mol. The Balaban J connectivity index is 1.97. The first-order chi connectivity index (χ1) is 11.9. The molecule has 0 aromatic heterocycles. The number of benzene rings is 2. The Kier molecular flexibility index (Phi) is 5.84. The van der Waals surface area contributed by atoms with Gasteiger partial charge in [-0.25, -0.2) is 0 Å². The van der Waals surface area contributed by atoms with Crippen molar-refractivity contribution in [3.05, 3.63) is 75.8 Å². The van der Waals surface area contributed by atoms with Crippen molar-refractivity contribution in [2.75, 3.05) is 0 Å². The minimum atomic E-state index is -0.780. The molecule has 2 atom stereocenters. The number of carbonyl (C=O) groups is 2. The van der Waals surface area contributed by atoms with Crippen molar-refractivity contribution < 1.29 is 14.5 Å². The fourth-order valence-corrected chi connectivity index (χ4v) is 2.27.